The first-order valence-electron chi connectivity index (χ1n) is 10.1. The summed E-state index contributed by atoms with van der Waals surface area (Å²) in [5.74, 6) is 1.59. The fraction of sp³-hybridized carbons (Fsp3) is 0.167. The van der Waals surface area contributed by atoms with Gasteiger partial charge in [-0.1, -0.05) is 30.3 Å². The second kappa shape index (κ2) is 7.77. The Morgan fingerprint density at radius 1 is 1.10 bits per heavy atom. The molecular weight excluding hydrogens is 394 g/mol. The van der Waals surface area contributed by atoms with Gasteiger partial charge in [-0.3, -0.25) is 10.1 Å². The second-order valence-corrected chi connectivity index (χ2v) is 7.36. The molecule has 2 heterocycles. The maximum Gasteiger partial charge on any atom is 0.269 e. The van der Waals surface area contributed by atoms with Crippen molar-refractivity contribution >= 4 is 11.4 Å². The molecule has 0 spiro atoms. The molecule has 0 bridgehead atoms. The van der Waals surface area contributed by atoms with Crippen LogP contribution in [-0.2, 0) is 0 Å². The van der Waals surface area contributed by atoms with Crippen LogP contribution < -0.4 is 14.9 Å². The number of nitro benzene ring substituents is 1. The Bertz CT molecular complexity index is 1160. The average Bonchev–Trinajstić information content (AvgIpc) is 3.25. The summed E-state index contributed by atoms with van der Waals surface area (Å²) < 4.78 is 11.8. The molecule has 0 saturated heterocycles. The molecule has 1 N–H and O–H groups in total. The zero-order chi connectivity index (χ0) is 21.4. The number of fused-ring (bicyclic) bond motifs is 3. The summed E-state index contributed by atoms with van der Waals surface area (Å²) in [6.45, 7) is 2.58. The van der Waals surface area contributed by atoms with Gasteiger partial charge in [0.15, 0.2) is 6.23 Å². The van der Waals surface area contributed by atoms with Crippen LogP contribution in [0.25, 0.3) is 5.70 Å². The van der Waals surface area contributed by atoms with Crippen LogP contribution in [0, 0.1) is 10.1 Å². The molecule has 2 atom stereocenters. The number of nitrogens with zero attached hydrogens (tertiary/aromatic N) is 2. The Morgan fingerprint density at radius 3 is 2.68 bits per heavy atom. The molecule has 0 saturated carbocycles. The number of non-ortho nitro benzene ring substituents is 1. The molecule has 3 aromatic carbocycles. The SMILES string of the molecule is CCOc1ccc(C2=C[C@@H]3c4ccccc4O[C@@H](c4cccc([N+](=O)[O-])c4)N3N2)cc1. The van der Waals surface area contributed by atoms with Gasteiger partial charge in [0.1, 0.15) is 11.5 Å². The summed E-state index contributed by atoms with van der Waals surface area (Å²) in [4.78, 5) is 10.9. The van der Waals surface area contributed by atoms with E-state index in [2.05, 4.69) is 11.5 Å². The summed E-state index contributed by atoms with van der Waals surface area (Å²) >= 11 is 0. The lowest BCUT2D eigenvalue weighted by Crippen LogP contribution is -2.43. The lowest BCUT2D eigenvalue weighted by molar-refractivity contribution is -0.385. The summed E-state index contributed by atoms with van der Waals surface area (Å²) in [7, 11) is 0. The number of hydrazine groups is 1. The molecule has 7 heteroatoms. The Hall–Kier alpha value is -3.84. The fourth-order valence-electron chi connectivity index (χ4n) is 4.02. The highest BCUT2D eigenvalue weighted by Gasteiger charge is 2.40. The summed E-state index contributed by atoms with van der Waals surface area (Å²) in [6, 6.07) is 22.3. The highest BCUT2D eigenvalue weighted by atomic mass is 16.6. The van der Waals surface area contributed by atoms with Gasteiger partial charge in [0.05, 0.1) is 23.3 Å². The van der Waals surface area contributed by atoms with Gasteiger partial charge in [0.25, 0.3) is 5.69 Å². The molecule has 0 unspecified atom stereocenters. The van der Waals surface area contributed by atoms with Gasteiger partial charge in [-0.05, 0) is 48.9 Å². The molecule has 31 heavy (non-hydrogen) atoms. The summed E-state index contributed by atoms with van der Waals surface area (Å²) in [5, 5.41) is 13.3. The van der Waals surface area contributed by atoms with Gasteiger partial charge >= 0.3 is 0 Å². The minimum Gasteiger partial charge on any atom is -0.494 e. The van der Waals surface area contributed by atoms with Crippen LogP contribution in [0.3, 0.4) is 0 Å². The van der Waals surface area contributed by atoms with Crippen molar-refractivity contribution in [3.8, 4) is 11.5 Å². The quantitative estimate of drug-likeness (QED) is 0.467. The third-order valence-corrected chi connectivity index (χ3v) is 5.45. The van der Waals surface area contributed by atoms with E-state index in [0.29, 0.717) is 12.2 Å². The lowest BCUT2D eigenvalue weighted by Gasteiger charge is -2.38. The number of hydrogen-bond acceptors (Lipinski definition) is 6. The monoisotopic (exact) mass is 415 g/mol. The molecule has 0 fully saturated rings. The van der Waals surface area contributed by atoms with Crippen molar-refractivity contribution in [3.63, 3.8) is 0 Å². The molecule has 5 rings (SSSR count). The highest BCUT2D eigenvalue weighted by molar-refractivity contribution is 5.68. The van der Waals surface area contributed by atoms with Gasteiger partial charge in [-0.2, -0.15) is 5.01 Å². The number of nitro groups is 1. The number of benzene rings is 3. The molecule has 2 aliphatic heterocycles. The number of para-hydroxylation sites is 1. The predicted octanol–water partition coefficient (Wildman–Crippen LogP) is 4.99. The maximum absolute atomic E-state index is 11.3. The Labute approximate surface area is 179 Å². The van der Waals surface area contributed by atoms with Crippen molar-refractivity contribution in [1.29, 1.82) is 0 Å². The van der Waals surface area contributed by atoms with E-state index in [0.717, 1.165) is 28.3 Å². The van der Waals surface area contributed by atoms with E-state index in [-0.39, 0.29) is 11.7 Å². The smallest absolute Gasteiger partial charge is 0.269 e. The lowest BCUT2D eigenvalue weighted by atomic mass is 10.0. The van der Waals surface area contributed by atoms with E-state index in [1.54, 1.807) is 12.1 Å². The Morgan fingerprint density at radius 2 is 1.90 bits per heavy atom. The molecule has 0 aliphatic carbocycles. The third kappa shape index (κ3) is 3.49. The Kier molecular flexibility index (Phi) is 4.80. The van der Waals surface area contributed by atoms with E-state index in [1.807, 2.05) is 66.5 Å². The number of ether oxygens (including phenoxy) is 2. The first kappa shape index (κ1) is 19.1. The van der Waals surface area contributed by atoms with Crippen LogP contribution in [0.5, 0.6) is 11.5 Å². The van der Waals surface area contributed by atoms with Crippen LogP contribution >= 0.6 is 0 Å². The number of nitrogens with one attached hydrogen (secondary N) is 1. The molecule has 3 aromatic rings. The first-order chi connectivity index (χ1) is 15.1. The van der Waals surface area contributed by atoms with Crippen molar-refractivity contribution in [2.45, 2.75) is 19.2 Å². The average molecular weight is 415 g/mol. The second-order valence-electron chi connectivity index (χ2n) is 7.36. The standard InChI is InChI=1S/C24H21N3O4/c1-2-30-19-12-10-16(11-13-19)21-15-22-20-8-3-4-9-23(20)31-24(26(22)25-21)17-6-5-7-18(14-17)27(28)29/h3-15,22,24-25H,2H2,1H3/t22-,24+/m1/s1. The topological polar surface area (TPSA) is 76.9 Å². The zero-order valence-electron chi connectivity index (χ0n) is 16.9. The summed E-state index contributed by atoms with van der Waals surface area (Å²) in [5.41, 5.74) is 7.21. The minimum atomic E-state index is -0.517. The molecule has 2 aliphatic rings. The van der Waals surface area contributed by atoms with E-state index in [9.17, 15) is 10.1 Å². The first-order valence-corrected chi connectivity index (χ1v) is 10.1. The molecule has 0 amide bonds. The summed E-state index contributed by atoms with van der Waals surface area (Å²) in [6.07, 6.45) is 1.64. The number of hydrogen-bond donors (Lipinski definition) is 1. The molecule has 156 valence electrons. The van der Waals surface area contributed by atoms with E-state index in [1.165, 1.54) is 6.07 Å². The zero-order valence-corrected chi connectivity index (χ0v) is 16.9. The minimum absolute atomic E-state index is 0.0374. The molecule has 0 aromatic heterocycles. The maximum atomic E-state index is 11.3. The van der Waals surface area contributed by atoms with Crippen LogP contribution in [0.15, 0.2) is 78.9 Å². The normalized spacial score (nSPS) is 19.5. The molecule has 7 nitrogen and oxygen atoms in total. The number of rotatable bonds is 5. The predicted molar refractivity (Wildman–Crippen MR) is 116 cm³/mol. The van der Waals surface area contributed by atoms with Crippen LogP contribution in [0.2, 0.25) is 0 Å². The van der Waals surface area contributed by atoms with Crippen molar-refractivity contribution in [3.05, 3.63) is 106 Å². The third-order valence-electron chi connectivity index (χ3n) is 5.45. The van der Waals surface area contributed by atoms with Gasteiger partial charge in [0, 0.05) is 23.3 Å². The Balaban J connectivity index is 1.52. The van der Waals surface area contributed by atoms with E-state index in [4.69, 9.17) is 9.47 Å². The van der Waals surface area contributed by atoms with Crippen molar-refractivity contribution in [2.75, 3.05) is 6.61 Å². The molecule has 0 radical (unpaired) electrons. The highest BCUT2D eigenvalue weighted by Crippen LogP contribution is 2.46. The van der Waals surface area contributed by atoms with Gasteiger partial charge < -0.3 is 14.9 Å². The van der Waals surface area contributed by atoms with E-state index < -0.39 is 11.2 Å². The van der Waals surface area contributed by atoms with Crippen molar-refractivity contribution < 1.29 is 14.4 Å². The van der Waals surface area contributed by atoms with Crippen LogP contribution in [0.1, 0.15) is 35.9 Å². The van der Waals surface area contributed by atoms with Crippen molar-refractivity contribution in [1.82, 2.24) is 10.4 Å². The van der Waals surface area contributed by atoms with Gasteiger partial charge in [0.2, 0.25) is 0 Å². The van der Waals surface area contributed by atoms with Gasteiger partial charge in [-0.25, -0.2) is 0 Å². The molecular formula is C24H21N3O4. The van der Waals surface area contributed by atoms with Crippen molar-refractivity contribution in [2.24, 2.45) is 0 Å². The van der Waals surface area contributed by atoms with Gasteiger partial charge in [-0.15, -0.1) is 0 Å². The fourth-order valence-corrected chi connectivity index (χ4v) is 4.02. The van der Waals surface area contributed by atoms with Crippen LogP contribution in [-0.4, -0.2) is 16.5 Å². The van der Waals surface area contributed by atoms with Crippen LogP contribution in [0.4, 0.5) is 5.69 Å². The largest absolute Gasteiger partial charge is 0.494 e. The van der Waals surface area contributed by atoms with E-state index >= 15 is 0 Å².